The summed E-state index contributed by atoms with van der Waals surface area (Å²) in [7, 11) is 1.32. The smallest absolute Gasteiger partial charge is 0.411 e. The third-order valence-corrected chi connectivity index (χ3v) is 6.46. The zero-order chi connectivity index (χ0) is 27.9. The Morgan fingerprint density at radius 3 is 2.46 bits per heavy atom. The van der Waals surface area contributed by atoms with E-state index in [0.29, 0.717) is 33.6 Å². The molecule has 4 aromatic rings. The highest BCUT2D eigenvalue weighted by Gasteiger charge is 2.64. The number of amides is 2. The Labute approximate surface area is 219 Å². The molecule has 13 heteroatoms. The van der Waals surface area contributed by atoms with E-state index in [1.807, 2.05) is 0 Å². The van der Waals surface area contributed by atoms with Crippen molar-refractivity contribution in [3.05, 3.63) is 67.0 Å². The van der Waals surface area contributed by atoms with Crippen LogP contribution in [0.4, 0.5) is 24.7 Å². The van der Waals surface area contributed by atoms with Crippen molar-refractivity contribution in [1.29, 1.82) is 0 Å². The second kappa shape index (κ2) is 9.42. The number of carbonyl (C=O) groups is 2. The van der Waals surface area contributed by atoms with Crippen molar-refractivity contribution >= 4 is 28.8 Å². The minimum atomic E-state index is -4.55. The normalized spacial score (nSPS) is 14.1. The highest BCUT2D eigenvalue weighted by molar-refractivity contribution is 6.01. The third-order valence-electron chi connectivity index (χ3n) is 6.46. The van der Waals surface area contributed by atoms with Crippen molar-refractivity contribution in [1.82, 2.24) is 25.1 Å². The Balaban J connectivity index is 1.58. The fraction of sp³-hybridized carbons (Fsp3) is 0.192. The van der Waals surface area contributed by atoms with Crippen LogP contribution in [0.25, 0.3) is 27.9 Å². The van der Waals surface area contributed by atoms with Crippen LogP contribution < -0.4 is 21.1 Å². The summed E-state index contributed by atoms with van der Waals surface area (Å²) in [5.74, 6) is -1.06. The zero-order valence-corrected chi connectivity index (χ0v) is 20.5. The fourth-order valence-corrected chi connectivity index (χ4v) is 4.22. The number of methoxy groups -OCH3 is 1. The van der Waals surface area contributed by atoms with Crippen molar-refractivity contribution < 1.29 is 27.5 Å². The lowest BCUT2D eigenvalue weighted by atomic mass is 9.97. The molecule has 5 rings (SSSR count). The fourth-order valence-electron chi connectivity index (χ4n) is 4.22. The highest BCUT2D eigenvalue weighted by atomic mass is 19.4. The van der Waals surface area contributed by atoms with E-state index >= 15 is 0 Å². The van der Waals surface area contributed by atoms with Crippen LogP contribution in [-0.4, -0.2) is 50.5 Å². The SMILES string of the molecule is C=CC(=O)Nc1ccc(-c2nn3ncnc(N)c3c2-c2ccc(C(=O)NC3(C(F)(F)F)CC3)c(OC)c2)cc1. The molecular weight excluding hydrogens is 515 g/mol. The second-order valence-corrected chi connectivity index (χ2v) is 8.93. The number of nitrogens with one attached hydrogen (secondary N) is 2. The number of nitrogens with zero attached hydrogens (tertiary/aromatic N) is 4. The van der Waals surface area contributed by atoms with E-state index in [9.17, 15) is 22.8 Å². The molecule has 4 N–H and O–H groups in total. The maximum Gasteiger partial charge on any atom is 0.411 e. The first kappa shape index (κ1) is 25.7. The van der Waals surface area contributed by atoms with Gasteiger partial charge >= 0.3 is 6.18 Å². The van der Waals surface area contributed by atoms with E-state index in [2.05, 4.69) is 32.4 Å². The molecule has 0 bridgehead atoms. The van der Waals surface area contributed by atoms with Crippen molar-refractivity contribution in [3.63, 3.8) is 0 Å². The van der Waals surface area contributed by atoms with E-state index in [-0.39, 0.29) is 35.9 Å². The first-order valence-electron chi connectivity index (χ1n) is 11.7. The lowest BCUT2D eigenvalue weighted by molar-refractivity contribution is -0.163. The number of hydrogen-bond acceptors (Lipinski definition) is 7. The largest absolute Gasteiger partial charge is 0.496 e. The van der Waals surface area contributed by atoms with Gasteiger partial charge in [-0.3, -0.25) is 9.59 Å². The molecular formula is C26H22F3N7O3. The molecule has 0 spiro atoms. The molecule has 2 amide bonds. The van der Waals surface area contributed by atoms with E-state index in [0.717, 1.165) is 6.08 Å². The first-order chi connectivity index (χ1) is 18.6. The number of fused-ring (bicyclic) bond motifs is 1. The summed E-state index contributed by atoms with van der Waals surface area (Å²) in [6, 6.07) is 11.3. The number of benzene rings is 2. The monoisotopic (exact) mass is 537 g/mol. The molecule has 1 fully saturated rings. The van der Waals surface area contributed by atoms with Gasteiger partial charge in [0.2, 0.25) is 5.91 Å². The molecule has 39 heavy (non-hydrogen) atoms. The molecule has 10 nitrogen and oxygen atoms in total. The van der Waals surface area contributed by atoms with E-state index in [4.69, 9.17) is 10.5 Å². The number of hydrogen-bond donors (Lipinski definition) is 3. The molecule has 1 saturated carbocycles. The van der Waals surface area contributed by atoms with Gasteiger partial charge in [0.15, 0.2) is 5.82 Å². The zero-order valence-electron chi connectivity index (χ0n) is 20.5. The topological polar surface area (TPSA) is 137 Å². The summed E-state index contributed by atoms with van der Waals surface area (Å²) < 4.78 is 46.9. The number of alkyl halides is 3. The number of nitrogens with two attached hydrogens (primary N) is 1. The Hall–Kier alpha value is -4.94. The van der Waals surface area contributed by atoms with Gasteiger partial charge in [0.1, 0.15) is 28.8 Å². The van der Waals surface area contributed by atoms with Crippen LogP contribution in [0.15, 0.2) is 61.4 Å². The summed E-state index contributed by atoms with van der Waals surface area (Å²) in [4.78, 5) is 28.5. The van der Waals surface area contributed by atoms with Gasteiger partial charge in [-0.25, -0.2) is 4.98 Å². The average molecular weight is 538 g/mol. The standard InChI is InChI=1S/C26H22F3N7O3/c1-3-19(37)33-16-7-4-14(5-8-16)21-20(22-23(30)31-13-32-36(22)35-21)15-6-9-17(18(12-15)39-2)24(38)34-25(10-11-25)26(27,28)29/h3-9,12-13H,1,10-11H2,2H3,(H,33,37)(H,34,38)(H2,30,31,32). The number of halogens is 3. The van der Waals surface area contributed by atoms with Gasteiger partial charge in [0.05, 0.1) is 12.7 Å². The molecule has 200 valence electrons. The number of carbonyl (C=O) groups excluding carboxylic acids is 2. The average Bonchev–Trinajstić information content (AvgIpc) is 3.60. The number of rotatable bonds is 7. The lowest BCUT2D eigenvalue weighted by Gasteiger charge is -2.21. The Morgan fingerprint density at radius 2 is 1.85 bits per heavy atom. The predicted octanol–water partition coefficient (Wildman–Crippen LogP) is 4.00. The van der Waals surface area contributed by atoms with Crippen LogP contribution in [0.5, 0.6) is 5.75 Å². The molecule has 1 aliphatic rings. The van der Waals surface area contributed by atoms with Gasteiger partial charge in [0.25, 0.3) is 5.91 Å². The number of anilines is 2. The summed E-state index contributed by atoms with van der Waals surface area (Å²) >= 11 is 0. The van der Waals surface area contributed by atoms with Crippen LogP contribution in [0.2, 0.25) is 0 Å². The number of ether oxygens (including phenoxy) is 1. The van der Waals surface area contributed by atoms with Crippen LogP contribution in [0.3, 0.4) is 0 Å². The van der Waals surface area contributed by atoms with Crippen LogP contribution in [-0.2, 0) is 4.79 Å². The summed E-state index contributed by atoms with van der Waals surface area (Å²) in [5.41, 5.74) is 6.95. The molecule has 0 atom stereocenters. The van der Waals surface area contributed by atoms with Gasteiger partial charge < -0.3 is 21.1 Å². The lowest BCUT2D eigenvalue weighted by Crippen LogP contribution is -2.47. The Kier molecular flexibility index (Phi) is 6.21. The molecule has 2 aromatic heterocycles. The first-order valence-corrected chi connectivity index (χ1v) is 11.7. The van der Waals surface area contributed by atoms with Gasteiger partial charge in [-0.1, -0.05) is 24.8 Å². The Morgan fingerprint density at radius 1 is 1.15 bits per heavy atom. The van der Waals surface area contributed by atoms with Crippen molar-refractivity contribution in [2.75, 3.05) is 18.2 Å². The van der Waals surface area contributed by atoms with E-state index in [1.54, 1.807) is 30.3 Å². The second-order valence-electron chi connectivity index (χ2n) is 8.93. The summed E-state index contributed by atoms with van der Waals surface area (Å²) in [6.07, 6.45) is -2.50. The van der Waals surface area contributed by atoms with Crippen molar-refractivity contribution in [2.24, 2.45) is 0 Å². The van der Waals surface area contributed by atoms with Crippen molar-refractivity contribution in [3.8, 4) is 28.1 Å². The summed E-state index contributed by atoms with van der Waals surface area (Å²) in [6.45, 7) is 3.43. The maximum absolute atomic E-state index is 13.4. The molecule has 0 saturated heterocycles. The molecule has 0 aliphatic heterocycles. The molecule has 0 unspecified atom stereocenters. The maximum atomic E-state index is 13.4. The molecule has 2 heterocycles. The highest BCUT2D eigenvalue weighted by Crippen LogP contribution is 2.49. The van der Waals surface area contributed by atoms with Gasteiger partial charge in [0, 0.05) is 16.8 Å². The molecule has 2 aromatic carbocycles. The molecule has 0 radical (unpaired) electrons. The third kappa shape index (κ3) is 4.62. The minimum Gasteiger partial charge on any atom is -0.496 e. The van der Waals surface area contributed by atoms with E-state index in [1.165, 1.54) is 30.2 Å². The van der Waals surface area contributed by atoms with Crippen LogP contribution in [0, 0.1) is 0 Å². The van der Waals surface area contributed by atoms with Crippen LogP contribution in [0.1, 0.15) is 23.2 Å². The van der Waals surface area contributed by atoms with Crippen LogP contribution >= 0.6 is 0 Å². The molecule has 1 aliphatic carbocycles. The minimum absolute atomic E-state index is 0.0543. The Bertz CT molecular complexity index is 1610. The number of aromatic nitrogens is 4. The van der Waals surface area contributed by atoms with Gasteiger partial charge in [-0.2, -0.15) is 13.2 Å². The van der Waals surface area contributed by atoms with Gasteiger partial charge in [-0.05, 0) is 48.7 Å². The predicted molar refractivity (Wildman–Crippen MR) is 137 cm³/mol. The van der Waals surface area contributed by atoms with E-state index < -0.39 is 17.6 Å². The quantitative estimate of drug-likeness (QED) is 0.303. The summed E-state index contributed by atoms with van der Waals surface area (Å²) in [5, 5.41) is 13.5. The van der Waals surface area contributed by atoms with Crippen molar-refractivity contribution in [2.45, 2.75) is 24.6 Å². The van der Waals surface area contributed by atoms with Gasteiger partial charge in [-0.15, -0.1) is 14.8 Å². The number of nitrogen functional groups attached to an aromatic ring is 1.